The predicted octanol–water partition coefficient (Wildman–Crippen LogP) is 3.57. The molecule has 0 radical (unpaired) electrons. The van der Waals surface area contributed by atoms with E-state index in [0.717, 1.165) is 26.0 Å². The monoisotopic (exact) mass is 903 g/mol. The van der Waals surface area contributed by atoms with Crippen molar-refractivity contribution in [2.75, 3.05) is 20.4 Å². The Hall–Kier alpha value is -6.77. The van der Waals surface area contributed by atoms with Crippen molar-refractivity contribution in [1.82, 2.24) is 26.1 Å². The minimum Gasteiger partial charge on any atom is -0.481 e. The Morgan fingerprint density at radius 1 is 0.905 bits per heavy atom. The molecule has 1 heterocycles. The molecule has 0 fully saturated rings. The average Bonchev–Trinajstić information content (AvgIpc) is 3.75. The number of rotatable bonds is 28. The Kier molecular flexibility index (Phi) is 19.8. The minimum absolute atomic E-state index is 0.0466. The minimum atomic E-state index is -4.57. The molecular weight excluding hydrogens is 853 g/mol. The first-order valence-corrected chi connectivity index (χ1v) is 21.0. The molecule has 3 rings (SSSR count). The highest BCUT2D eigenvalue weighted by molar-refractivity contribution is 7.52. The largest absolute Gasteiger partial charge is 0.481 e. The van der Waals surface area contributed by atoms with Crippen LogP contribution in [-0.2, 0) is 42.7 Å². The molecular formula is C40H50N5O17P. The van der Waals surface area contributed by atoms with E-state index in [-0.39, 0.29) is 53.4 Å². The first kappa shape index (κ1) is 50.6. The molecule has 342 valence electrons. The number of carbonyl (C=O) groups excluding carboxylic acids is 5. The number of carboxylic acid groups (broad SMARTS) is 3. The second-order valence-corrected chi connectivity index (χ2v) is 15.2. The zero-order valence-corrected chi connectivity index (χ0v) is 35.7. The molecule has 1 aromatic heterocycles. The number of benzene rings is 2. The number of amides is 4. The summed E-state index contributed by atoms with van der Waals surface area (Å²) in [5.41, 5.74) is -0.131. The zero-order valence-electron chi connectivity index (χ0n) is 34.8. The predicted molar refractivity (Wildman–Crippen MR) is 219 cm³/mol. The summed E-state index contributed by atoms with van der Waals surface area (Å²) in [6, 6.07) is 10.2. The second-order valence-electron chi connectivity index (χ2n) is 13.6. The molecule has 0 aliphatic heterocycles. The zero-order chi connectivity index (χ0) is 46.7. The topological polar surface area (TPSA) is 316 Å². The van der Waals surface area contributed by atoms with Crippen molar-refractivity contribution >= 4 is 55.8 Å². The summed E-state index contributed by atoms with van der Waals surface area (Å²) < 4.78 is 41.1. The number of unbranched alkanes of at least 4 members (excludes halogenated alkanes) is 2. The van der Waals surface area contributed by atoms with Crippen LogP contribution in [-0.4, -0.2) is 107 Å². The van der Waals surface area contributed by atoms with Gasteiger partial charge in [0.15, 0.2) is 12.4 Å². The smallest absolute Gasteiger partial charge is 0.481 e. The van der Waals surface area contributed by atoms with Gasteiger partial charge in [-0.05, 0) is 56.2 Å². The highest BCUT2D eigenvalue weighted by Gasteiger charge is 2.40. The Bertz CT molecular complexity index is 2130. The van der Waals surface area contributed by atoms with Crippen molar-refractivity contribution in [2.45, 2.75) is 77.4 Å². The van der Waals surface area contributed by atoms with Crippen LogP contribution in [0.1, 0.15) is 80.2 Å². The van der Waals surface area contributed by atoms with E-state index in [1.807, 2.05) is 6.92 Å². The molecule has 23 heteroatoms. The van der Waals surface area contributed by atoms with Gasteiger partial charge in [0.2, 0.25) is 12.3 Å². The van der Waals surface area contributed by atoms with Gasteiger partial charge < -0.3 is 49.7 Å². The van der Waals surface area contributed by atoms with Gasteiger partial charge in [-0.25, -0.2) is 19.2 Å². The van der Waals surface area contributed by atoms with Crippen LogP contribution >= 0.6 is 7.75 Å². The third kappa shape index (κ3) is 15.6. The lowest BCUT2D eigenvalue weighted by atomic mass is 9.90. The number of carboxylic acids is 3. The number of nitrogens with zero attached hydrogens (tertiary/aromatic N) is 1. The van der Waals surface area contributed by atoms with Crippen LogP contribution in [0.4, 0.5) is 0 Å². The van der Waals surface area contributed by atoms with Gasteiger partial charge in [0, 0.05) is 5.56 Å². The lowest BCUT2D eigenvalue weighted by Crippen LogP contribution is -2.49. The molecule has 63 heavy (non-hydrogen) atoms. The van der Waals surface area contributed by atoms with Gasteiger partial charge in [0.25, 0.3) is 11.8 Å². The maximum atomic E-state index is 14.1. The fourth-order valence-corrected chi connectivity index (χ4v) is 7.49. The van der Waals surface area contributed by atoms with Gasteiger partial charge in [-0.15, -0.1) is 0 Å². The lowest BCUT2D eigenvalue weighted by Gasteiger charge is -2.34. The lowest BCUT2D eigenvalue weighted by molar-refractivity contribution is -0.161. The number of hydrogen-bond donors (Lipinski definition) is 7. The summed E-state index contributed by atoms with van der Waals surface area (Å²) in [6.07, 6.45) is 1.77. The Labute approximate surface area is 361 Å². The number of esters is 1. The van der Waals surface area contributed by atoms with Crippen LogP contribution in [0.3, 0.4) is 0 Å². The molecule has 5 unspecified atom stereocenters. The van der Waals surface area contributed by atoms with Crippen LogP contribution in [0.25, 0.3) is 11.3 Å². The molecule has 0 bridgehead atoms. The van der Waals surface area contributed by atoms with Crippen LogP contribution < -0.4 is 30.3 Å². The molecule has 0 aliphatic carbocycles. The van der Waals surface area contributed by atoms with E-state index in [9.17, 15) is 48.0 Å². The third-order valence-electron chi connectivity index (χ3n) is 9.03. The van der Waals surface area contributed by atoms with Crippen molar-refractivity contribution in [3.05, 3.63) is 72.0 Å². The van der Waals surface area contributed by atoms with E-state index in [0.29, 0.717) is 11.5 Å². The third-order valence-corrected chi connectivity index (χ3v) is 10.6. The summed E-state index contributed by atoms with van der Waals surface area (Å²) in [6.45, 7) is 3.66. The number of methoxy groups -OCH3 is 1. The number of hydrogen-bond acceptors (Lipinski definition) is 14. The standard InChI is InChI=1S/C40H50N5O17P/c1-5-7-9-14-27(30(6-2)45(23-46)62-63(57,44-24(3)40(56)58-4)61-26-12-10-8-11-13-26)36(51)41-22-42-38(53)32-18-17-31(60-32)25-15-16-28(33(19-25)59-21-35(49)50)37(52)43-29(39(54)55)20-34(47)48/h8,10-13,15-19,23-24,27,29-30H,5-7,9,14,20-22H2,1-4H3,(H,41,51)(H,42,53)(H,43,52)(H,44,57)(H,47,48)(H,49,50)(H,54,55). The molecule has 0 saturated carbocycles. The summed E-state index contributed by atoms with van der Waals surface area (Å²) in [7, 11) is -3.44. The molecule has 0 saturated heterocycles. The van der Waals surface area contributed by atoms with E-state index < -0.39 is 93.1 Å². The first-order chi connectivity index (χ1) is 29.9. The SMILES string of the molecule is CCCCCC(C(=O)NCNC(=O)c1ccc(-c2ccc(C(=O)NC(CC(=O)O)C(=O)O)c(OCC(=O)O)c2)o1)C(CC)N(C=O)OP(=O)(NC(C)C(=O)OC)Oc1ccccc1. The van der Waals surface area contributed by atoms with Crippen molar-refractivity contribution in [3.8, 4) is 22.8 Å². The summed E-state index contributed by atoms with van der Waals surface area (Å²) in [4.78, 5) is 98.5. The number of hydroxylamine groups is 2. The molecule has 22 nitrogen and oxygen atoms in total. The number of aliphatic carboxylic acids is 3. The number of nitrogens with one attached hydrogen (secondary N) is 4. The van der Waals surface area contributed by atoms with Gasteiger partial charge in [0.05, 0.1) is 37.7 Å². The number of furan rings is 1. The van der Waals surface area contributed by atoms with Crippen LogP contribution in [0.5, 0.6) is 11.5 Å². The van der Waals surface area contributed by atoms with E-state index in [4.69, 9.17) is 33.3 Å². The van der Waals surface area contributed by atoms with E-state index in [2.05, 4.69) is 21.0 Å². The molecule has 7 N–H and O–H groups in total. The molecule has 0 aliphatic rings. The Balaban J connectivity index is 1.78. The summed E-state index contributed by atoms with van der Waals surface area (Å²) in [5, 5.41) is 37.8. The quantitative estimate of drug-likeness (QED) is 0.0137. The van der Waals surface area contributed by atoms with Gasteiger partial charge in [-0.1, -0.05) is 57.4 Å². The highest BCUT2D eigenvalue weighted by atomic mass is 31.2. The van der Waals surface area contributed by atoms with Crippen molar-refractivity contribution in [2.24, 2.45) is 5.92 Å². The first-order valence-electron chi connectivity index (χ1n) is 19.5. The fourth-order valence-electron chi connectivity index (χ4n) is 5.97. The maximum Gasteiger partial charge on any atom is 0.481 e. The number of ether oxygens (including phenoxy) is 2. The van der Waals surface area contributed by atoms with Gasteiger partial charge in [0.1, 0.15) is 29.3 Å². The molecule has 4 amide bonds. The van der Waals surface area contributed by atoms with Crippen molar-refractivity contribution < 1.29 is 81.3 Å². The molecule has 2 aromatic carbocycles. The van der Waals surface area contributed by atoms with E-state index >= 15 is 0 Å². The van der Waals surface area contributed by atoms with E-state index in [1.54, 1.807) is 25.1 Å². The van der Waals surface area contributed by atoms with Crippen LogP contribution in [0, 0.1) is 5.92 Å². The summed E-state index contributed by atoms with van der Waals surface area (Å²) in [5.74, 6) is -9.16. The molecule has 5 atom stereocenters. The van der Waals surface area contributed by atoms with Gasteiger partial charge >= 0.3 is 31.6 Å². The fraction of sp³-hybridized carbons (Fsp3) is 0.400. The summed E-state index contributed by atoms with van der Waals surface area (Å²) >= 11 is 0. The van der Waals surface area contributed by atoms with Gasteiger partial charge in [-0.2, -0.15) is 9.71 Å². The maximum absolute atomic E-state index is 14.1. The Morgan fingerprint density at radius 3 is 2.22 bits per heavy atom. The molecule has 0 spiro atoms. The second kappa shape index (κ2) is 24.6. The average molecular weight is 904 g/mol. The normalized spacial score (nSPS) is 13.7. The van der Waals surface area contributed by atoms with Crippen molar-refractivity contribution in [1.29, 1.82) is 0 Å². The van der Waals surface area contributed by atoms with E-state index in [1.165, 1.54) is 43.3 Å². The van der Waals surface area contributed by atoms with Crippen LogP contribution in [0.2, 0.25) is 0 Å². The van der Waals surface area contributed by atoms with Crippen LogP contribution in [0.15, 0.2) is 65.1 Å². The number of carbonyl (C=O) groups is 8. The van der Waals surface area contributed by atoms with Crippen molar-refractivity contribution in [3.63, 3.8) is 0 Å². The number of para-hydroxylation sites is 1. The molecule has 3 aromatic rings. The Morgan fingerprint density at radius 2 is 1.62 bits per heavy atom. The highest BCUT2D eigenvalue weighted by Crippen LogP contribution is 2.46. The van der Waals surface area contributed by atoms with Gasteiger partial charge in [-0.3, -0.25) is 28.8 Å².